The molecule has 1 spiro atoms. The van der Waals surface area contributed by atoms with Crippen molar-refractivity contribution in [2.75, 3.05) is 50.8 Å². The first kappa shape index (κ1) is 19.1. The van der Waals surface area contributed by atoms with Crippen LogP contribution in [0, 0.1) is 0 Å². The fourth-order valence-electron chi connectivity index (χ4n) is 4.72. The van der Waals surface area contributed by atoms with E-state index >= 15 is 0 Å². The lowest BCUT2D eigenvalue weighted by molar-refractivity contribution is -0.145. The molecule has 3 aliphatic heterocycles. The Balaban J connectivity index is 1.52. The van der Waals surface area contributed by atoms with Crippen molar-refractivity contribution in [3.63, 3.8) is 0 Å². The van der Waals surface area contributed by atoms with E-state index in [9.17, 15) is 9.59 Å². The highest BCUT2D eigenvalue weighted by molar-refractivity contribution is 5.99. The van der Waals surface area contributed by atoms with E-state index in [-0.39, 0.29) is 11.8 Å². The Hall–Kier alpha value is -2.22. The maximum Gasteiger partial charge on any atom is 0.257 e. The highest BCUT2D eigenvalue weighted by Gasteiger charge is 2.52. The van der Waals surface area contributed by atoms with Crippen molar-refractivity contribution in [3.05, 3.63) is 18.0 Å². The Morgan fingerprint density at radius 2 is 1.79 bits per heavy atom. The van der Waals surface area contributed by atoms with Crippen LogP contribution >= 0.6 is 0 Å². The SMILES string of the molecule is CCCN1CCCC2(CCCN2C(=O)c2cnc(N3CCOCC3)nc2)C1=O. The number of rotatable bonds is 4. The summed E-state index contributed by atoms with van der Waals surface area (Å²) in [6.07, 6.45) is 7.46. The molecule has 0 radical (unpaired) electrons. The highest BCUT2D eigenvalue weighted by Crippen LogP contribution is 2.39. The summed E-state index contributed by atoms with van der Waals surface area (Å²) in [5.74, 6) is 0.619. The van der Waals surface area contributed by atoms with Crippen LogP contribution in [-0.4, -0.2) is 83.1 Å². The van der Waals surface area contributed by atoms with Crippen molar-refractivity contribution in [1.82, 2.24) is 19.8 Å². The predicted molar refractivity (Wildman–Crippen MR) is 104 cm³/mol. The number of aromatic nitrogens is 2. The van der Waals surface area contributed by atoms with Crippen molar-refractivity contribution >= 4 is 17.8 Å². The summed E-state index contributed by atoms with van der Waals surface area (Å²) in [6.45, 7) is 7.10. The second kappa shape index (κ2) is 8.03. The molecule has 0 aliphatic carbocycles. The van der Waals surface area contributed by atoms with Crippen molar-refractivity contribution < 1.29 is 14.3 Å². The zero-order chi connectivity index (χ0) is 19.6. The van der Waals surface area contributed by atoms with E-state index in [1.54, 1.807) is 17.3 Å². The van der Waals surface area contributed by atoms with Gasteiger partial charge in [0.2, 0.25) is 11.9 Å². The van der Waals surface area contributed by atoms with Crippen molar-refractivity contribution in [2.24, 2.45) is 0 Å². The fourth-order valence-corrected chi connectivity index (χ4v) is 4.72. The van der Waals surface area contributed by atoms with E-state index in [0.29, 0.717) is 31.3 Å². The van der Waals surface area contributed by atoms with Gasteiger partial charge in [-0.15, -0.1) is 0 Å². The zero-order valence-corrected chi connectivity index (χ0v) is 16.6. The molecule has 4 heterocycles. The van der Waals surface area contributed by atoms with E-state index in [0.717, 1.165) is 58.3 Å². The van der Waals surface area contributed by atoms with Gasteiger partial charge >= 0.3 is 0 Å². The van der Waals surface area contributed by atoms with Crippen molar-refractivity contribution in [1.29, 1.82) is 0 Å². The normalized spacial score (nSPS) is 25.6. The summed E-state index contributed by atoms with van der Waals surface area (Å²) < 4.78 is 5.36. The monoisotopic (exact) mass is 387 g/mol. The van der Waals surface area contributed by atoms with Gasteiger partial charge in [-0.1, -0.05) is 6.92 Å². The van der Waals surface area contributed by atoms with Gasteiger partial charge in [-0.05, 0) is 32.1 Å². The van der Waals surface area contributed by atoms with Crippen LogP contribution < -0.4 is 4.90 Å². The number of anilines is 1. The Kier molecular flexibility index (Phi) is 5.48. The Morgan fingerprint density at radius 3 is 2.46 bits per heavy atom. The van der Waals surface area contributed by atoms with E-state index < -0.39 is 5.54 Å². The minimum Gasteiger partial charge on any atom is -0.378 e. The van der Waals surface area contributed by atoms with Gasteiger partial charge in [0.05, 0.1) is 18.8 Å². The maximum atomic E-state index is 13.3. The van der Waals surface area contributed by atoms with Gasteiger partial charge in [-0.25, -0.2) is 9.97 Å². The first-order valence-electron chi connectivity index (χ1n) is 10.4. The Morgan fingerprint density at radius 1 is 1.11 bits per heavy atom. The molecule has 0 saturated carbocycles. The van der Waals surface area contributed by atoms with Crippen LogP contribution in [0.15, 0.2) is 12.4 Å². The minimum atomic E-state index is -0.673. The van der Waals surface area contributed by atoms with Crippen LogP contribution in [0.1, 0.15) is 49.4 Å². The number of hydrogen-bond donors (Lipinski definition) is 0. The standard InChI is InChI=1S/C20H29N5O3/c1-2-7-23-8-3-5-20(18(23)27)6-4-9-25(20)17(26)16-14-21-19(22-15-16)24-10-12-28-13-11-24/h14-15H,2-13H2,1H3. The second-order valence-electron chi connectivity index (χ2n) is 7.86. The molecule has 0 bridgehead atoms. The van der Waals surface area contributed by atoms with Crippen LogP contribution in [-0.2, 0) is 9.53 Å². The van der Waals surface area contributed by atoms with Crippen LogP contribution in [0.25, 0.3) is 0 Å². The molecule has 1 aromatic rings. The fraction of sp³-hybridized carbons (Fsp3) is 0.700. The van der Waals surface area contributed by atoms with Crippen LogP contribution in [0.2, 0.25) is 0 Å². The second-order valence-corrected chi connectivity index (χ2v) is 7.86. The minimum absolute atomic E-state index is 0.123. The van der Waals surface area contributed by atoms with Gasteiger partial charge in [-0.3, -0.25) is 9.59 Å². The number of ether oxygens (including phenoxy) is 1. The third-order valence-corrected chi connectivity index (χ3v) is 6.11. The van der Waals surface area contributed by atoms with Crippen LogP contribution in [0.5, 0.6) is 0 Å². The number of hydrogen-bond acceptors (Lipinski definition) is 6. The number of carbonyl (C=O) groups excluding carboxylic acids is 2. The van der Waals surface area contributed by atoms with E-state index in [4.69, 9.17) is 4.74 Å². The molecular weight excluding hydrogens is 358 g/mol. The van der Waals surface area contributed by atoms with Gasteiger partial charge in [0.25, 0.3) is 5.91 Å². The third-order valence-electron chi connectivity index (χ3n) is 6.11. The lowest BCUT2D eigenvalue weighted by Crippen LogP contribution is -2.61. The largest absolute Gasteiger partial charge is 0.378 e. The van der Waals surface area contributed by atoms with Gasteiger partial charge in [0.15, 0.2) is 0 Å². The molecule has 3 saturated heterocycles. The topological polar surface area (TPSA) is 78.9 Å². The Labute approximate surface area is 165 Å². The van der Waals surface area contributed by atoms with Gasteiger partial charge in [-0.2, -0.15) is 0 Å². The number of amides is 2. The van der Waals surface area contributed by atoms with E-state index in [1.165, 1.54) is 0 Å². The molecule has 0 N–H and O–H groups in total. The molecule has 3 fully saturated rings. The number of morpholine rings is 1. The molecule has 1 unspecified atom stereocenters. The number of piperidine rings is 1. The average Bonchev–Trinajstić information content (AvgIpc) is 3.16. The number of carbonyl (C=O) groups is 2. The summed E-state index contributed by atoms with van der Waals surface area (Å²) in [5, 5.41) is 0. The summed E-state index contributed by atoms with van der Waals surface area (Å²) in [6, 6.07) is 0. The smallest absolute Gasteiger partial charge is 0.257 e. The third kappa shape index (κ3) is 3.34. The predicted octanol–water partition coefficient (Wildman–Crippen LogP) is 1.32. The van der Waals surface area contributed by atoms with Gasteiger partial charge in [0, 0.05) is 45.1 Å². The number of likely N-dealkylation sites (tertiary alicyclic amines) is 2. The molecular formula is C20H29N5O3. The maximum absolute atomic E-state index is 13.3. The molecule has 28 heavy (non-hydrogen) atoms. The highest BCUT2D eigenvalue weighted by atomic mass is 16.5. The van der Waals surface area contributed by atoms with Gasteiger partial charge in [0.1, 0.15) is 5.54 Å². The molecule has 1 atom stereocenters. The van der Waals surface area contributed by atoms with Crippen LogP contribution in [0.4, 0.5) is 5.95 Å². The Bertz CT molecular complexity index is 717. The quantitative estimate of drug-likeness (QED) is 0.775. The average molecular weight is 387 g/mol. The first-order chi connectivity index (χ1) is 13.7. The van der Waals surface area contributed by atoms with E-state index in [1.807, 2.05) is 4.90 Å². The molecule has 152 valence electrons. The summed E-state index contributed by atoms with van der Waals surface area (Å²) in [4.78, 5) is 41.1. The lowest BCUT2D eigenvalue weighted by Gasteiger charge is -2.44. The summed E-state index contributed by atoms with van der Waals surface area (Å²) >= 11 is 0. The molecule has 1 aromatic heterocycles. The van der Waals surface area contributed by atoms with Crippen molar-refractivity contribution in [2.45, 2.75) is 44.6 Å². The lowest BCUT2D eigenvalue weighted by atomic mass is 9.85. The van der Waals surface area contributed by atoms with Gasteiger partial charge < -0.3 is 19.4 Å². The van der Waals surface area contributed by atoms with Crippen LogP contribution in [0.3, 0.4) is 0 Å². The summed E-state index contributed by atoms with van der Waals surface area (Å²) in [5.41, 5.74) is -0.216. The molecule has 8 heteroatoms. The molecule has 8 nitrogen and oxygen atoms in total. The molecule has 4 rings (SSSR count). The van der Waals surface area contributed by atoms with Crippen molar-refractivity contribution in [3.8, 4) is 0 Å². The zero-order valence-electron chi connectivity index (χ0n) is 16.6. The summed E-state index contributed by atoms with van der Waals surface area (Å²) in [7, 11) is 0. The molecule has 0 aromatic carbocycles. The number of nitrogens with zero attached hydrogens (tertiary/aromatic N) is 5. The first-order valence-corrected chi connectivity index (χ1v) is 10.4. The molecule has 3 aliphatic rings. The molecule has 2 amide bonds. The van der Waals surface area contributed by atoms with E-state index in [2.05, 4.69) is 21.8 Å².